The van der Waals surface area contributed by atoms with Crippen LogP contribution in [0.15, 0.2) is 84.0 Å². The first-order valence-electron chi connectivity index (χ1n) is 8.85. The Bertz CT molecular complexity index is 1010. The number of aryl methyl sites for hydroxylation is 1. The lowest BCUT2D eigenvalue weighted by Crippen LogP contribution is -2.43. The Balaban J connectivity index is 1.88. The number of nitrogens with zero attached hydrogens (tertiary/aromatic N) is 2. The zero-order valence-electron chi connectivity index (χ0n) is 15.6. The van der Waals surface area contributed by atoms with Gasteiger partial charge in [-0.25, -0.2) is 5.43 Å². The van der Waals surface area contributed by atoms with Crippen molar-refractivity contribution in [2.24, 2.45) is 5.10 Å². The Morgan fingerprint density at radius 2 is 1.59 bits per heavy atom. The molecule has 2 N–H and O–H groups in total. The minimum absolute atomic E-state index is 0.0367. The Hall–Kier alpha value is -3.84. The third kappa shape index (κ3) is 4.20. The van der Waals surface area contributed by atoms with Gasteiger partial charge in [-0.15, -0.1) is 0 Å². The van der Waals surface area contributed by atoms with Gasteiger partial charge in [-0.1, -0.05) is 72.8 Å². The molecule has 3 aromatic carbocycles. The lowest BCUT2D eigenvalue weighted by molar-refractivity contribution is -0.385. The van der Waals surface area contributed by atoms with Crippen LogP contribution in [0.5, 0.6) is 0 Å². The van der Waals surface area contributed by atoms with E-state index in [1.165, 1.54) is 12.3 Å². The van der Waals surface area contributed by atoms with Gasteiger partial charge in [0.2, 0.25) is 0 Å². The van der Waals surface area contributed by atoms with Crippen LogP contribution in [-0.4, -0.2) is 22.2 Å². The number of benzene rings is 3. The number of hydrazone groups is 1. The Morgan fingerprint density at radius 1 is 1.03 bits per heavy atom. The maximum absolute atomic E-state index is 12.9. The number of hydrogen-bond acceptors (Lipinski definition) is 5. The predicted octanol–water partition coefficient (Wildman–Crippen LogP) is 3.29. The molecule has 29 heavy (non-hydrogen) atoms. The highest BCUT2D eigenvalue weighted by Crippen LogP contribution is 2.29. The molecule has 0 unspecified atom stereocenters. The van der Waals surface area contributed by atoms with Gasteiger partial charge in [0.25, 0.3) is 11.6 Å². The normalized spacial score (nSPS) is 11.4. The van der Waals surface area contributed by atoms with E-state index in [1.807, 2.05) is 0 Å². The van der Waals surface area contributed by atoms with E-state index < -0.39 is 16.4 Å². The molecular weight excluding hydrogens is 370 g/mol. The molecule has 0 aliphatic rings. The average Bonchev–Trinajstić information content (AvgIpc) is 2.75. The van der Waals surface area contributed by atoms with E-state index in [2.05, 4.69) is 10.5 Å². The Labute approximate surface area is 167 Å². The molecule has 3 aromatic rings. The van der Waals surface area contributed by atoms with Crippen LogP contribution in [0.2, 0.25) is 0 Å². The fourth-order valence-corrected chi connectivity index (χ4v) is 2.94. The van der Waals surface area contributed by atoms with Crippen LogP contribution < -0.4 is 5.43 Å². The molecule has 0 fully saturated rings. The SMILES string of the molecule is Cc1ccc(/C=N\NC(=O)C(O)(c2ccccc2)c2ccccc2)cc1[N+](=O)[O-]. The molecule has 3 rings (SSSR count). The van der Waals surface area contributed by atoms with Gasteiger partial charge in [-0.3, -0.25) is 14.9 Å². The predicted molar refractivity (Wildman–Crippen MR) is 109 cm³/mol. The van der Waals surface area contributed by atoms with Gasteiger partial charge in [0.1, 0.15) is 0 Å². The number of nitro groups is 1. The summed E-state index contributed by atoms with van der Waals surface area (Å²) in [6.07, 6.45) is 1.29. The molecule has 0 saturated heterocycles. The lowest BCUT2D eigenvalue weighted by Gasteiger charge is -2.27. The topological polar surface area (TPSA) is 105 Å². The third-order valence-electron chi connectivity index (χ3n) is 4.52. The summed E-state index contributed by atoms with van der Waals surface area (Å²) in [6, 6.07) is 21.7. The highest BCUT2D eigenvalue weighted by molar-refractivity contribution is 5.91. The van der Waals surface area contributed by atoms with Crippen LogP contribution in [0.3, 0.4) is 0 Å². The molecule has 0 aliphatic heterocycles. The van der Waals surface area contributed by atoms with Crippen molar-refractivity contribution >= 4 is 17.8 Å². The summed E-state index contributed by atoms with van der Waals surface area (Å²) in [7, 11) is 0. The first-order chi connectivity index (χ1) is 13.9. The van der Waals surface area contributed by atoms with E-state index in [4.69, 9.17) is 0 Å². The molecule has 0 aromatic heterocycles. The zero-order chi connectivity index (χ0) is 20.9. The van der Waals surface area contributed by atoms with Crippen molar-refractivity contribution in [1.29, 1.82) is 0 Å². The minimum atomic E-state index is -1.95. The van der Waals surface area contributed by atoms with Gasteiger partial charge in [0, 0.05) is 17.2 Å². The van der Waals surface area contributed by atoms with Crippen molar-refractivity contribution in [2.45, 2.75) is 12.5 Å². The van der Waals surface area contributed by atoms with Crippen LogP contribution in [0.1, 0.15) is 22.3 Å². The molecule has 7 heteroatoms. The standard InChI is InChI=1S/C22H19N3O4/c1-16-12-13-17(14-20(16)25(28)29)15-23-24-21(26)22(27,18-8-4-2-5-9-18)19-10-6-3-7-11-19/h2-15,27H,1H3,(H,24,26)/b23-15-. The van der Waals surface area contributed by atoms with Crippen molar-refractivity contribution in [2.75, 3.05) is 0 Å². The van der Waals surface area contributed by atoms with Gasteiger partial charge in [-0.05, 0) is 18.1 Å². The zero-order valence-corrected chi connectivity index (χ0v) is 15.6. The summed E-state index contributed by atoms with van der Waals surface area (Å²) >= 11 is 0. The van der Waals surface area contributed by atoms with E-state index in [0.717, 1.165) is 0 Å². The third-order valence-corrected chi connectivity index (χ3v) is 4.52. The maximum atomic E-state index is 12.9. The van der Waals surface area contributed by atoms with E-state index in [0.29, 0.717) is 22.3 Å². The van der Waals surface area contributed by atoms with Crippen molar-refractivity contribution in [1.82, 2.24) is 5.43 Å². The lowest BCUT2D eigenvalue weighted by atomic mass is 9.85. The van der Waals surface area contributed by atoms with Crippen molar-refractivity contribution in [3.8, 4) is 0 Å². The smallest absolute Gasteiger partial charge is 0.281 e. The highest BCUT2D eigenvalue weighted by atomic mass is 16.6. The van der Waals surface area contributed by atoms with Gasteiger partial charge < -0.3 is 5.11 Å². The second-order valence-electron chi connectivity index (χ2n) is 6.44. The highest BCUT2D eigenvalue weighted by Gasteiger charge is 2.39. The first kappa shape index (κ1) is 19.9. The van der Waals surface area contributed by atoms with E-state index in [9.17, 15) is 20.0 Å². The summed E-state index contributed by atoms with van der Waals surface area (Å²) in [5.41, 5.74) is 2.12. The molecule has 1 amide bonds. The van der Waals surface area contributed by atoms with E-state index in [1.54, 1.807) is 79.7 Å². The Kier molecular flexibility index (Phi) is 5.80. The van der Waals surface area contributed by atoms with E-state index in [-0.39, 0.29) is 5.69 Å². The molecule has 7 nitrogen and oxygen atoms in total. The molecule has 146 valence electrons. The molecule has 0 heterocycles. The second kappa shape index (κ2) is 8.45. The number of carbonyl (C=O) groups is 1. The molecular formula is C22H19N3O4. The van der Waals surface area contributed by atoms with Gasteiger partial charge in [-0.2, -0.15) is 5.10 Å². The van der Waals surface area contributed by atoms with Crippen molar-refractivity contribution in [3.63, 3.8) is 0 Å². The molecule has 0 bridgehead atoms. The number of nitrogens with one attached hydrogen (secondary N) is 1. The number of amides is 1. The second-order valence-corrected chi connectivity index (χ2v) is 6.44. The average molecular weight is 389 g/mol. The maximum Gasteiger partial charge on any atom is 0.281 e. The molecule has 0 spiro atoms. The van der Waals surface area contributed by atoms with Crippen LogP contribution in [0.25, 0.3) is 0 Å². The van der Waals surface area contributed by atoms with Crippen molar-refractivity contribution in [3.05, 3.63) is 111 Å². The number of carbonyl (C=O) groups excluding carboxylic acids is 1. The van der Waals surface area contributed by atoms with Gasteiger partial charge in [0.05, 0.1) is 11.1 Å². The first-order valence-corrected chi connectivity index (χ1v) is 8.85. The number of aliphatic hydroxyl groups is 1. The fourth-order valence-electron chi connectivity index (χ4n) is 2.94. The van der Waals surface area contributed by atoms with Gasteiger partial charge >= 0.3 is 0 Å². The molecule has 0 atom stereocenters. The number of nitro benzene ring substituents is 1. The number of rotatable bonds is 6. The van der Waals surface area contributed by atoms with Crippen LogP contribution in [-0.2, 0) is 10.4 Å². The molecule has 0 aliphatic carbocycles. The monoisotopic (exact) mass is 389 g/mol. The van der Waals surface area contributed by atoms with Gasteiger partial charge in [0.15, 0.2) is 5.60 Å². The van der Waals surface area contributed by atoms with Crippen LogP contribution in [0, 0.1) is 17.0 Å². The summed E-state index contributed by atoms with van der Waals surface area (Å²) in [4.78, 5) is 23.5. The fraction of sp³-hybridized carbons (Fsp3) is 0.0909. The van der Waals surface area contributed by atoms with Crippen LogP contribution in [0.4, 0.5) is 5.69 Å². The quantitative estimate of drug-likeness (QED) is 0.383. The van der Waals surface area contributed by atoms with Crippen molar-refractivity contribution < 1.29 is 14.8 Å². The summed E-state index contributed by atoms with van der Waals surface area (Å²) in [5.74, 6) is -0.743. The Morgan fingerprint density at radius 3 is 2.10 bits per heavy atom. The van der Waals surface area contributed by atoms with Crippen LogP contribution >= 0.6 is 0 Å². The summed E-state index contributed by atoms with van der Waals surface area (Å²) in [6.45, 7) is 1.64. The summed E-state index contributed by atoms with van der Waals surface area (Å²) in [5, 5.41) is 26.2. The largest absolute Gasteiger partial charge is 0.372 e. The minimum Gasteiger partial charge on any atom is -0.372 e. The van der Waals surface area contributed by atoms with E-state index >= 15 is 0 Å². The number of hydrogen-bond donors (Lipinski definition) is 2. The summed E-state index contributed by atoms with van der Waals surface area (Å²) < 4.78 is 0. The molecule has 0 saturated carbocycles. The molecule has 0 radical (unpaired) electrons.